The number of carbonyl (C=O) groups is 2. The van der Waals surface area contributed by atoms with E-state index in [-0.39, 0.29) is 30.4 Å². The number of hydrogen-bond donors (Lipinski definition) is 1. The third-order valence-electron chi connectivity index (χ3n) is 4.55. The summed E-state index contributed by atoms with van der Waals surface area (Å²) in [6.07, 6.45) is 4.87. The van der Waals surface area contributed by atoms with Crippen LogP contribution in [0.1, 0.15) is 39.0 Å². The number of aliphatic hydroxyl groups excluding tert-OH is 1. The van der Waals surface area contributed by atoms with Gasteiger partial charge in [0.1, 0.15) is 0 Å². The molecule has 0 aromatic rings. The van der Waals surface area contributed by atoms with Gasteiger partial charge < -0.3 is 14.9 Å². The maximum atomic E-state index is 12.3. The van der Waals surface area contributed by atoms with Crippen molar-refractivity contribution in [3.05, 3.63) is 0 Å². The van der Waals surface area contributed by atoms with Crippen LogP contribution in [0.3, 0.4) is 0 Å². The van der Waals surface area contributed by atoms with E-state index >= 15 is 0 Å². The first-order chi connectivity index (χ1) is 9.04. The molecule has 2 rings (SSSR count). The summed E-state index contributed by atoms with van der Waals surface area (Å²) in [6.45, 7) is 2.32. The Hall–Kier alpha value is -1.10. The van der Waals surface area contributed by atoms with E-state index in [1.807, 2.05) is 11.8 Å². The van der Waals surface area contributed by atoms with Gasteiger partial charge in [0.05, 0.1) is 18.6 Å². The first kappa shape index (κ1) is 14.3. The lowest BCUT2D eigenvalue weighted by atomic mass is 10.1. The minimum atomic E-state index is -0.230. The first-order valence-corrected chi connectivity index (χ1v) is 7.21. The molecule has 2 fully saturated rings. The van der Waals surface area contributed by atoms with E-state index < -0.39 is 0 Å². The molecule has 5 heteroatoms. The van der Waals surface area contributed by atoms with Crippen molar-refractivity contribution >= 4 is 11.8 Å². The molecule has 0 aromatic heterocycles. The van der Waals surface area contributed by atoms with Gasteiger partial charge in [-0.05, 0) is 19.8 Å². The van der Waals surface area contributed by atoms with Crippen molar-refractivity contribution in [3.8, 4) is 0 Å². The fourth-order valence-corrected chi connectivity index (χ4v) is 3.09. The van der Waals surface area contributed by atoms with Crippen molar-refractivity contribution in [2.75, 3.05) is 20.2 Å². The minimum Gasteiger partial charge on any atom is -0.394 e. The van der Waals surface area contributed by atoms with Gasteiger partial charge in [0, 0.05) is 26.1 Å². The molecule has 2 amide bonds. The Morgan fingerprint density at radius 3 is 2.68 bits per heavy atom. The summed E-state index contributed by atoms with van der Waals surface area (Å²) in [5.74, 6) is -0.127. The maximum Gasteiger partial charge on any atom is 0.228 e. The van der Waals surface area contributed by atoms with Crippen molar-refractivity contribution in [2.24, 2.45) is 5.92 Å². The smallest absolute Gasteiger partial charge is 0.228 e. The van der Waals surface area contributed by atoms with Gasteiger partial charge in [0.15, 0.2) is 0 Å². The predicted molar refractivity (Wildman–Crippen MR) is 71.4 cm³/mol. The average molecular weight is 268 g/mol. The first-order valence-electron chi connectivity index (χ1n) is 7.21. The SMILES string of the molecule is CC(CO)N(C)C(=O)C1CC(=O)N(C2CCCC2)C1. The summed E-state index contributed by atoms with van der Waals surface area (Å²) in [7, 11) is 1.70. The van der Waals surface area contributed by atoms with Gasteiger partial charge in [-0.15, -0.1) is 0 Å². The second-order valence-corrected chi connectivity index (χ2v) is 5.87. The van der Waals surface area contributed by atoms with Crippen LogP contribution in [0, 0.1) is 5.92 Å². The minimum absolute atomic E-state index is 0.0182. The monoisotopic (exact) mass is 268 g/mol. The number of likely N-dealkylation sites (N-methyl/N-ethyl adjacent to an activating group) is 1. The maximum absolute atomic E-state index is 12.3. The number of likely N-dealkylation sites (tertiary alicyclic amines) is 1. The zero-order valence-electron chi connectivity index (χ0n) is 11.8. The van der Waals surface area contributed by atoms with Crippen molar-refractivity contribution in [3.63, 3.8) is 0 Å². The highest BCUT2D eigenvalue weighted by Gasteiger charge is 2.40. The zero-order chi connectivity index (χ0) is 14.0. The molecule has 1 aliphatic carbocycles. The van der Waals surface area contributed by atoms with Crippen LogP contribution in [0.5, 0.6) is 0 Å². The summed E-state index contributed by atoms with van der Waals surface area (Å²) in [6, 6.07) is 0.161. The Bertz CT molecular complexity index is 353. The van der Waals surface area contributed by atoms with E-state index in [9.17, 15) is 9.59 Å². The number of nitrogens with zero attached hydrogens (tertiary/aromatic N) is 2. The van der Waals surface area contributed by atoms with Crippen LogP contribution in [-0.4, -0.2) is 59.0 Å². The average Bonchev–Trinajstić information content (AvgIpc) is 3.04. The van der Waals surface area contributed by atoms with E-state index in [1.165, 1.54) is 12.8 Å². The number of rotatable bonds is 4. The summed E-state index contributed by atoms with van der Waals surface area (Å²) in [4.78, 5) is 27.8. The molecule has 19 heavy (non-hydrogen) atoms. The summed E-state index contributed by atoms with van der Waals surface area (Å²) in [5.41, 5.74) is 0. The van der Waals surface area contributed by atoms with E-state index in [2.05, 4.69) is 0 Å². The molecular formula is C14H24N2O3. The molecule has 0 spiro atoms. The highest BCUT2D eigenvalue weighted by atomic mass is 16.3. The molecule has 1 saturated heterocycles. The van der Waals surface area contributed by atoms with Crippen LogP contribution in [0.25, 0.3) is 0 Å². The molecule has 2 unspecified atom stereocenters. The van der Waals surface area contributed by atoms with Gasteiger partial charge in [0.25, 0.3) is 0 Å². The Labute approximate surface area is 114 Å². The topological polar surface area (TPSA) is 60.9 Å². The molecular weight excluding hydrogens is 244 g/mol. The van der Waals surface area contributed by atoms with Gasteiger partial charge in [-0.25, -0.2) is 0 Å². The number of amides is 2. The molecule has 2 aliphatic rings. The van der Waals surface area contributed by atoms with Gasteiger partial charge in [0.2, 0.25) is 11.8 Å². The normalized spacial score (nSPS) is 25.9. The summed E-state index contributed by atoms with van der Waals surface area (Å²) >= 11 is 0. The Morgan fingerprint density at radius 2 is 2.11 bits per heavy atom. The number of aliphatic hydroxyl groups is 1. The van der Waals surface area contributed by atoms with E-state index in [0.29, 0.717) is 19.0 Å². The summed E-state index contributed by atoms with van der Waals surface area (Å²) < 4.78 is 0. The second kappa shape index (κ2) is 5.90. The quantitative estimate of drug-likeness (QED) is 0.813. The van der Waals surface area contributed by atoms with Crippen molar-refractivity contribution in [1.82, 2.24) is 9.80 Å². The predicted octanol–water partition coefficient (Wildman–Crippen LogP) is 0.617. The number of hydrogen-bond acceptors (Lipinski definition) is 3. The highest BCUT2D eigenvalue weighted by molar-refractivity contribution is 5.89. The van der Waals surface area contributed by atoms with Gasteiger partial charge in [-0.3, -0.25) is 9.59 Å². The molecule has 108 valence electrons. The zero-order valence-corrected chi connectivity index (χ0v) is 11.8. The third-order valence-corrected chi connectivity index (χ3v) is 4.55. The standard InChI is InChI=1S/C14H24N2O3/c1-10(9-17)15(2)14(19)11-7-13(18)16(8-11)12-5-3-4-6-12/h10-12,17H,3-9H2,1-2H3. The van der Waals surface area contributed by atoms with Gasteiger partial charge >= 0.3 is 0 Å². The van der Waals surface area contributed by atoms with Crippen LogP contribution < -0.4 is 0 Å². The van der Waals surface area contributed by atoms with E-state index in [0.717, 1.165) is 12.8 Å². The largest absolute Gasteiger partial charge is 0.394 e. The Balaban J connectivity index is 1.96. The molecule has 1 N–H and O–H groups in total. The Morgan fingerprint density at radius 1 is 1.47 bits per heavy atom. The van der Waals surface area contributed by atoms with E-state index in [1.54, 1.807) is 11.9 Å². The molecule has 5 nitrogen and oxygen atoms in total. The van der Waals surface area contributed by atoms with Crippen molar-refractivity contribution in [1.29, 1.82) is 0 Å². The third kappa shape index (κ3) is 2.91. The molecule has 1 aliphatic heterocycles. The van der Waals surface area contributed by atoms with Crippen LogP contribution in [0.4, 0.5) is 0 Å². The van der Waals surface area contributed by atoms with Crippen molar-refractivity contribution < 1.29 is 14.7 Å². The lowest BCUT2D eigenvalue weighted by Crippen LogP contribution is -2.42. The highest BCUT2D eigenvalue weighted by Crippen LogP contribution is 2.30. The van der Waals surface area contributed by atoms with Crippen LogP contribution >= 0.6 is 0 Å². The molecule has 0 bridgehead atoms. The lowest BCUT2D eigenvalue weighted by Gasteiger charge is -2.27. The molecule has 0 aromatic carbocycles. The molecule has 0 radical (unpaired) electrons. The van der Waals surface area contributed by atoms with Crippen LogP contribution in [-0.2, 0) is 9.59 Å². The van der Waals surface area contributed by atoms with Crippen molar-refractivity contribution in [2.45, 2.75) is 51.1 Å². The fourth-order valence-electron chi connectivity index (χ4n) is 3.09. The number of carbonyl (C=O) groups excluding carboxylic acids is 2. The van der Waals surface area contributed by atoms with Crippen LogP contribution in [0.15, 0.2) is 0 Å². The molecule has 2 atom stereocenters. The lowest BCUT2D eigenvalue weighted by molar-refractivity contribution is -0.137. The van der Waals surface area contributed by atoms with Crippen LogP contribution in [0.2, 0.25) is 0 Å². The van der Waals surface area contributed by atoms with Gasteiger partial charge in [-0.1, -0.05) is 12.8 Å². The second-order valence-electron chi connectivity index (χ2n) is 5.87. The fraction of sp³-hybridized carbons (Fsp3) is 0.857. The van der Waals surface area contributed by atoms with Gasteiger partial charge in [-0.2, -0.15) is 0 Å². The molecule has 1 saturated carbocycles. The Kier molecular flexibility index (Phi) is 4.45. The van der Waals surface area contributed by atoms with E-state index in [4.69, 9.17) is 5.11 Å². The molecule has 1 heterocycles. The summed E-state index contributed by atoms with van der Waals surface area (Å²) in [5, 5.41) is 9.10.